The van der Waals surface area contributed by atoms with Gasteiger partial charge >= 0.3 is 0 Å². The molecule has 10 heavy (non-hydrogen) atoms. The first kappa shape index (κ1) is 9.02. The van der Waals surface area contributed by atoms with E-state index in [-0.39, 0.29) is 0 Å². The van der Waals surface area contributed by atoms with Gasteiger partial charge in [0, 0.05) is 12.2 Å². The molecule has 0 aromatic rings. The third kappa shape index (κ3) is 3.13. The van der Waals surface area contributed by atoms with E-state index in [4.69, 9.17) is 0 Å². The SMILES string of the molecule is C=C/C=C(/NCC)C(=C)C. The fourth-order valence-corrected chi connectivity index (χ4v) is 0.660. The van der Waals surface area contributed by atoms with Crippen molar-refractivity contribution in [1.82, 2.24) is 5.32 Å². The van der Waals surface area contributed by atoms with E-state index < -0.39 is 0 Å². The van der Waals surface area contributed by atoms with Crippen molar-refractivity contribution in [3.63, 3.8) is 0 Å². The summed E-state index contributed by atoms with van der Waals surface area (Å²) in [6.07, 6.45) is 3.68. The normalized spacial score (nSPS) is 10.8. The second-order valence-electron chi connectivity index (χ2n) is 2.13. The maximum absolute atomic E-state index is 3.81. The van der Waals surface area contributed by atoms with E-state index in [0.29, 0.717) is 0 Å². The molecule has 56 valence electrons. The lowest BCUT2D eigenvalue weighted by molar-refractivity contribution is 0.863. The van der Waals surface area contributed by atoms with Gasteiger partial charge in [-0.05, 0) is 25.5 Å². The lowest BCUT2D eigenvalue weighted by Crippen LogP contribution is -2.12. The second-order valence-corrected chi connectivity index (χ2v) is 2.13. The zero-order chi connectivity index (χ0) is 7.98. The Balaban J connectivity index is 4.11. The van der Waals surface area contributed by atoms with Crippen LogP contribution in [0.1, 0.15) is 13.8 Å². The first-order chi connectivity index (χ1) is 4.72. The molecule has 1 heteroatoms. The Labute approximate surface area is 63.1 Å². The van der Waals surface area contributed by atoms with Crippen LogP contribution in [0.25, 0.3) is 0 Å². The van der Waals surface area contributed by atoms with Crippen LogP contribution in [-0.4, -0.2) is 6.54 Å². The van der Waals surface area contributed by atoms with Gasteiger partial charge in [0.15, 0.2) is 0 Å². The fourth-order valence-electron chi connectivity index (χ4n) is 0.660. The largest absolute Gasteiger partial charge is 0.385 e. The van der Waals surface area contributed by atoms with E-state index in [1.807, 2.05) is 13.0 Å². The van der Waals surface area contributed by atoms with Gasteiger partial charge in [0.25, 0.3) is 0 Å². The van der Waals surface area contributed by atoms with E-state index in [9.17, 15) is 0 Å². The Kier molecular flexibility index (Phi) is 4.38. The smallest absolute Gasteiger partial charge is 0.0363 e. The number of rotatable bonds is 4. The molecule has 1 N–H and O–H groups in total. The van der Waals surface area contributed by atoms with Gasteiger partial charge in [0.05, 0.1) is 0 Å². The van der Waals surface area contributed by atoms with E-state index in [1.54, 1.807) is 6.08 Å². The molecule has 0 bridgehead atoms. The summed E-state index contributed by atoms with van der Waals surface area (Å²) < 4.78 is 0. The molecular weight excluding hydrogens is 122 g/mol. The molecule has 0 amide bonds. The van der Waals surface area contributed by atoms with Crippen LogP contribution in [0.3, 0.4) is 0 Å². The predicted molar refractivity (Wildman–Crippen MR) is 46.8 cm³/mol. The van der Waals surface area contributed by atoms with Gasteiger partial charge in [-0.1, -0.05) is 19.2 Å². The van der Waals surface area contributed by atoms with Crippen LogP contribution in [0.2, 0.25) is 0 Å². The minimum absolute atomic E-state index is 0.923. The summed E-state index contributed by atoms with van der Waals surface area (Å²) in [5.74, 6) is 0. The maximum Gasteiger partial charge on any atom is 0.0363 e. The van der Waals surface area contributed by atoms with Crippen molar-refractivity contribution >= 4 is 0 Å². The van der Waals surface area contributed by atoms with Crippen molar-refractivity contribution in [2.45, 2.75) is 13.8 Å². The van der Waals surface area contributed by atoms with E-state index >= 15 is 0 Å². The molecule has 0 heterocycles. The van der Waals surface area contributed by atoms with Crippen LogP contribution in [0.4, 0.5) is 0 Å². The van der Waals surface area contributed by atoms with Crippen LogP contribution in [0.5, 0.6) is 0 Å². The molecule has 0 radical (unpaired) electrons. The lowest BCUT2D eigenvalue weighted by Gasteiger charge is -2.06. The number of nitrogens with one attached hydrogen (secondary N) is 1. The molecule has 0 aromatic heterocycles. The minimum atomic E-state index is 0.923. The Morgan fingerprint density at radius 3 is 2.50 bits per heavy atom. The highest BCUT2D eigenvalue weighted by molar-refractivity contribution is 5.27. The van der Waals surface area contributed by atoms with Gasteiger partial charge in [-0.25, -0.2) is 0 Å². The molecule has 0 unspecified atom stereocenters. The molecule has 0 fully saturated rings. The molecule has 0 aliphatic heterocycles. The van der Waals surface area contributed by atoms with Gasteiger partial charge < -0.3 is 5.32 Å². The highest BCUT2D eigenvalue weighted by Gasteiger charge is 1.91. The molecule has 0 rings (SSSR count). The summed E-state index contributed by atoms with van der Waals surface area (Å²) in [6.45, 7) is 12.4. The summed E-state index contributed by atoms with van der Waals surface area (Å²) >= 11 is 0. The number of likely N-dealkylation sites (N-methyl/N-ethyl adjacent to an activating group) is 1. The van der Waals surface area contributed by atoms with Crippen LogP contribution in [0.15, 0.2) is 36.6 Å². The number of hydrogen-bond donors (Lipinski definition) is 1. The molecule has 0 saturated carbocycles. The highest BCUT2D eigenvalue weighted by Crippen LogP contribution is 2.01. The summed E-state index contributed by atoms with van der Waals surface area (Å²) in [4.78, 5) is 0. The molecule has 0 atom stereocenters. The van der Waals surface area contributed by atoms with Gasteiger partial charge in [0.2, 0.25) is 0 Å². The first-order valence-corrected chi connectivity index (χ1v) is 3.44. The summed E-state index contributed by atoms with van der Waals surface area (Å²) in [7, 11) is 0. The third-order valence-electron chi connectivity index (χ3n) is 1.11. The fraction of sp³-hybridized carbons (Fsp3) is 0.333. The van der Waals surface area contributed by atoms with Crippen LogP contribution < -0.4 is 5.32 Å². The van der Waals surface area contributed by atoms with Crippen molar-refractivity contribution in [2.24, 2.45) is 0 Å². The average molecular weight is 137 g/mol. The molecule has 0 spiro atoms. The van der Waals surface area contributed by atoms with E-state index in [2.05, 4.69) is 25.4 Å². The highest BCUT2D eigenvalue weighted by atomic mass is 14.9. The quantitative estimate of drug-likeness (QED) is 0.586. The average Bonchev–Trinajstić information content (AvgIpc) is 1.87. The van der Waals surface area contributed by atoms with Gasteiger partial charge in [-0.15, -0.1) is 0 Å². The van der Waals surface area contributed by atoms with Crippen molar-refractivity contribution in [1.29, 1.82) is 0 Å². The minimum Gasteiger partial charge on any atom is -0.385 e. The molecule has 1 nitrogen and oxygen atoms in total. The van der Waals surface area contributed by atoms with Crippen LogP contribution >= 0.6 is 0 Å². The van der Waals surface area contributed by atoms with E-state index in [0.717, 1.165) is 17.8 Å². The standard InChI is InChI=1S/C9H15N/c1-5-7-9(8(3)4)10-6-2/h5,7,10H,1,3,6H2,2,4H3/b9-7+. The van der Waals surface area contributed by atoms with Crippen molar-refractivity contribution in [2.75, 3.05) is 6.54 Å². The monoisotopic (exact) mass is 137 g/mol. The number of allylic oxidation sites excluding steroid dienone is 3. The zero-order valence-electron chi connectivity index (χ0n) is 6.78. The van der Waals surface area contributed by atoms with Gasteiger partial charge in [-0.3, -0.25) is 0 Å². The summed E-state index contributed by atoms with van der Waals surface area (Å²) in [6, 6.07) is 0. The van der Waals surface area contributed by atoms with Gasteiger partial charge in [-0.2, -0.15) is 0 Å². The molecule has 0 aliphatic carbocycles. The van der Waals surface area contributed by atoms with Crippen LogP contribution in [-0.2, 0) is 0 Å². The Morgan fingerprint density at radius 2 is 2.20 bits per heavy atom. The van der Waals surface area contributed by atoms with Crippen molar-refractivity contribution in [3.8, 4) is 0 Å². The predicted octanol–water partition coefficient (Wildman–Crippen LogP) is 2.24. The lowest BCUT2D eigenvalue weighted by atomic mass is 10.2. The number of hydrogen-bond acceptors (Lipinski definition) is 1. The molecule has 0 aliphatic rings. The van der Waals surface area contributed by atoms with Crippen LogP contribution in [0, 0.1) is 0 Å². The summed E-state index contributed by atoms with van der Waals surface area (Å²) in [5, 5.41) is 3.17. The zero-order valence-corrected chi connectivity index (χ0v) is 6.78. The summed E-state index contributed by atoms with van der Waals surface area (Å²) in [5.41, 5.74) is 2.11. The Hall–Kier alpha value is -0.980. The van der Waals surface area contributed by atoms with Gasteiger partial charge in [0.1, 0.15) is 0 Å². The van der Waals surface area contributed by atoms with Crippen molar-refractivity contribution in [3.05, 3.63) is 36.6 Å². The maximum atomic E-state index is 3.81. The second kappa shape index (κ2) is 4.86. The Morgan fingerprint density at radius 1 is 1.60 bits per heavy atom. The molecule has 0 saturated heterocycles. The molecule has 0 aromatic carbocycles. The third-order valence-corrected chi connectivity index (χ3v) is 1.11. The van der Waals surface area contributed by atoms with E-state index in [1.165, 1.54) is 0 Å². The van der Waals surface area contributed by atoms with Crippen molar-refractivity contribution < 1.29 is 0 Å². The molecular formula is C9H15N. The Bertz CT molecular complexity index is 154. The topological polar surface area (TPSA) is 12.0 Å². The first-order valence-electron chi connectivity index (χ1n) is 3.44.